The number of aryl methyl sites for hydroxylation is 1. The van der Waals surface area contributed by atoms with Crippen LogP contribution in [0, 0.1) is 12.7 Å². The molecule has 2 aromatic carbocycles. The summed E-state index contributed by atoms with van der Waals surface area (Å²) >= 11 is 0. The van der Waals surface area contributed by atoms with Crippen LogP contribution >= 0.6 is 0 Å². The Bertz CT molecular complexity index is 547. The Morgan fingerprint density at radius 2 is 1.74 bits per heavy atom. The van der Waals surface area contributed by atoms with Crippen LogP contribution in [-0.4, -0.2) is 14.1 Å². The maximum absolute atomic E-state index is 13.4. The summed E-state index contributed by atoms with van der Waals surface area (Å²) in [6, 6.07) is 13.5. The molecule has 0 aromatic heterocycles. The SMILES string of the molecule is Cc1ccc(NCc2ccc(N(C)C)cc2)cc1F. The molecule has 0 heterocycles. The summed E-state index contributed by atoms with van der Waals surface area (Å²) in [6.07, 6.45) is 0. The van der Waals surface area contributed by atoms with Crippen molar-refractivity contribution in [2.24, 2.45) is 0 Å². The van der Waals surface area contributed by atoms with E-state index < -0.39 is 0 Å². The molecule has 0 aliphatic carbocycles. The lowest BCUT2D eigenvalue weighted by molar-refractivity contribution is 0.619. The van der Waals surface area contributed by atoms with Crippen LogP contribution < -0.4 is 10.2 Å². The Hall–Kier alpha value is -2.03. The van der Waals surface area contributed by atoms with Crippen LogP contribution in [0.25, 0.3) is 0 Å². The van der Waals surface area contributed by atoms with Gasteiger partial charge in [0.05, 0.1) is 0 Å². The van der Waals surface area contributed by atoms with Gasteiger partial charge in [0.1, 0.15) is 5.82 Å². The van der Waals surface area contributed by atoms with Crippen LogP contribution in [0.2, 0.25) is 0 Å². The zero-order chi connectivity index (χ0) is 13.8. The third-order valence-corrected chi connectivity index (χ3v) is 3.12. The van der Waals surface area contributed by atoms with Gasteiger partial charge < -0.3 is 10.2 Å². The molecule has 0 saturated heterocycles. The Labute approximate surface area is 113 Å². The Morgan fingerprint density at radius 3 is 2.32 bits per heavy atom. The number of anilines is 2. The lowest BCUT2D eigenvalue weighted by Crippen LogP contribution is -2.08. The molecule has 0 saturated carbocycles. The van der Waals surface area contributed by atoms with E-state index in [1.165, 1.54) is 17.3 Å². The second-order valence-corrected chi connectivity index (χ2v) is 4.88. The molecule has 2 rings (SSSR count). The van der Waals surface area contributed by atoms with Crippen LogP contribution in [0.15, 0.2) is 42.5 Å². The third kappa shape index (κ3) is 3.47. The van der Waals surface area contributed by atoms with Crippen molar-refractivity contribution in [3.63, 3.8) is 0 Å². The molecule has 0 radical (unpaired) electrons. The van der Waals surface area contributed by atoms with E-state index in [9.17, 15) is 4.39 Å². The van der Waals surface area contributed by atoms with Crippen LogP contribution in [0.5, 0.6) is 0 Å². The lowest BCUT2D eigenvalue weighted by Gasteiger charge is -2.13. The molecule has 1 N–H and O–H groups in total. The van der Waals surface area contributed by atoms with E-state index >= 15 is 0 Å². The molecule has 0 atom stereocenters. The summed E-state index contributed by atoms with van der Waals surface area (Å²) in [4.78, 5) is 2.06. The molecule has 0 unspecified atom stereocenters. The van der Waals surface area contributed by atoms with Crippen LogP contribution in [0.1, 0.15) is 11.1 Å². The Morgan fingerprint density at radius 1 is 1.05 bits per heavy atom. The molecule has 100 valence electrons. The van der Waals surface area contributed by atoms with Gasteiger partial charge >= 0.3 is 0 Å². The van der Waals surface area contributed by atoms with Gasteiger partial charge in [0.15, 0.2) is 0 Å². The first-order chi connectivity index (χ1) is 9.06. The van der Waals surface area contributed by atoms with Gasteiger partial charge in [-0.15, -0.1) is 0 Å². The maximum atomic E-state index is 13.4. The molecule has 3 heteroatoms. The quantitative estimate of drug-likeness (QED) is 0.897. The second-order valence-electron chi connectivity index (χ2n) is 4.88. The monoisotopic (exact) mass is 258 g/mol. The minimum absolute atomic E-state index is 0.173. The summed E-state index contributed by atoms with van der Waals surface area (Å²) in [5, 5.41) is 3.22. The number of nitrogens with zero attached hydrogens (tertiary/aromatic N) is 1. The number of hydrogen-bond acceptors (Lipinski definition) is 2. The Kier molecular flexibility index (Phi) is 4.05. The topological polar surface area (TPSA) is 15.3 Å². The molecular formula is C16H19FN2. The predicted molar refractivity (Wildman–Crippen MR) is 79.2 cm³/mol. The van der Waals surface area contributed by atoms with E-state index in [1.54, 1.807) is 13.0 Å². The van der Waals surface area contributed by atoms with Crippen molar-refractivity contribution in [3.05, 3.63) is 59.4 Å². The first-order valence-electron chi connectivity index (χ1n) is 6.32. The summed E-state index contributed by atoms with van der Waals surface area (Å²) in [7, 11) is 4.03. The first kappa shape index (κ1) is 13.4. The zero-order valence-corrected chi connectivity index (χ0v) is 11.6. The van der Waals surface area contributed by atoms with Crippen LogP contribution in [0.4, 0.5) is 15.8 Å². The molecule has 2 aromatic rings. The Balaban J connectivity index is 2.00. The second kappa shape index (κ2) is 5.74. The highest BCUT2D eigenvalue weighted by molar-refractivity contribution is 5.48. The molecule has 0 aliphatic rings. The van der Waals surface area contributed by atoms with Gasteiger partial charge in [-0.2, -0.15) is 0 Å². The van der Waals surface area contributed by atoms with E-state index in [4.69, 9.17) is 0 Å². The minimum atomic E-state index is -0.173. The van der Waals surface area contributed by atoms with Crippen LogP contribution in [-0.2, 0) is 6.54 Å². The lowest BCUT2D eigenvalue weighted by atomic mass is 10.2. The number of halogens is 1. The van der Waals surface area contributed by atoms with Crippen molar-refractivity contribution < 1.29 is 4.39 Å². The number of hydrogen-bond donors (Lipinski definition) is 1. The fourth-order valence-electron chi connectivity index (χ4n) is 1.82. The molecule has 0 amide bonds. The van der Waals surface area contributed by atoms with Crippen molar-refractivity contribution in [3.8, 4) is 0 Å². The zero-order valence-electron chi connectivity index (χ0n) is 11.6. The standard InChI is InChI=1S/C16H19FN2/c1-12-4-7-14(10-16(12)17)18-11-13-5-8-15(9-6-13)19(2)3/h4-10,18H,11H2,1-3H3. The van der Waals surface area contributed by atoms with Crippen LogP contribution in [0.3, 0.4) is 0 Å². The van der Waals surface area contributed by atoms with Gasteiger partial charge in [-0.1, -0.05) is 18.2 Å². The molecular weight excluding hydrogens is 239 g/mol. The molecule has 0 fully saturated rings. The minimum Gasteiger partial charge on any atom is -0.381 e. The van der Waals surface area contributed by atoms with E-state index in [0.717, 1.165) is 5.69 Å². The smallest absolute Gasteiger partial charge is 0.128 e. The number of nitrogens with one attached hydrogen (secondary N) is 1. The molecule has 0 bridgehead atoms. The summed E-state index contributed by atoms with van der Waals surface area (Å²) in [6.45, 7) is 2.45. The van der Waals surface area contributed by atoms with Gasteiger partial charge in [0, 0.05) is 32.0 Å². The largest absolute Gasteiger partial charge is 0.381 e. The van der Waals surface area contributed by atoms with Crippen molar-refractivity contribution in [2.75, 3.05) is 24.3 Å². The molecule has 2 nitrogen and oxygen atoms in total. The number of rotatable bonds is 4. The number of benzene rings is 2. The molecule has 0 spiro atoms. The summed E-state index contributed by atoms with van der Waals surface area (Å²) in [5.74, 6) is -0.173. The average molecular weight is 258 g/mol. The summed E-state index contributed by atoms with van der Waals surface area (Å²) < 4.78 is 13.4. The van der Waals surface area contributed by atoms with Gasteiger partial charge in [-0.25, -0.2) is 4.39 Å². The van der Waals surface area contributed by atoms with Crippen molar-refractivity contribution in [2.45, 2.75) is 13.5 Å². The van der Waals surface area contributed by atoms with Gasteiger partial charge in [-0.3, -0.25) is 0 Å². The maximum Gasteiger partial charge on any atom is 0.128 e. The normalized spacial score (nSPS) is 10.3. The van der Waals surface area contributed by atoms with Gasteiger partial charge in [0.25, 0.3) is 0 Å². The highest BCUT2D eigenvalue weighted by atomic mass is 19.1. The van der Waals surface area contributed by atoms with Crippen molar-refractivity contribution >= 4 is 11.4 Å². The highest BCUT2D eigenvalue weighted by Crippen LogP contribution is 2.16. The average Bonchev–Trinajstić information content (AvgIpc) is 2.40. The fourth-order valence-corrected chi connectivity index (χ4v) is 1.82. The van der Waals surface area contributed by atoms with E-state index in [1.807, 2.05) is 20.2 Å². The van der Waals surface area contributed by atoms with Crippen molar-refractivity contribution in [1.29, 1.82) is 0 Å². The first-order valence-corrected chi connectivity index (χ1v) is 6.32. The highest BCUT2D eigenvalue weighted by Gasteiger charge is 2.00. The van der Waals surface area contributed by atoms with Gasteiger partial charge in [0.2, 0.25) is 0 Å². The predicted octanol–water partition coefficient (Wildman–Crippen LogP) is 3.81. The van der Waals surface area contributed by atoms with Gasteiger partial charge in [-0.05, 0) is 42.3 Å². The van der Waals surface area contributed by atoms with E-state index in [0.29, 0.717) is 12.1 Å². The van der Waals surface area contributed by atoms with E-state index in [2.05, 4.69) is 34.5 Å². The van der Waals surface area contributed by atoms with E-state index in [-0.39, 0.29) is 5.82 Å². The molecule has 0 aliphatic heterocycles. The summed E-state index contributed by atoms with van der Waals surface area (Å²) in [5.41, 5.74) is 3.82. The molecule has 19 heavy (non-hydrogen) atoms. The van der Waals surface area contributed by atoms with Crippen molar-refractivity contribution in [1.82, 2.24) is 0 Å². The third-order valence-electron chi connectivity index (χ3n) is 3.12. The fraction of sp³-hybridized carbons (Fsp3) is 0.250.